The number of rotatable bonds is 1. The highest BCUT2D eigenvalue weighted by Gasteiger charge is 2.29. The number of anilines is 1. The fourth-order valence-corrected chi connectivity index (χ4v) is 2.38. The van der Waals surface area contributed by atoms with Crippen LogP contribution in [0, 0.1) is 0 Å². The monoisotopic (exact) mass is 277 g/mol. The lowest BCUT2D eigenvalue weighted by Gasteiger charge is -2.33. The predicted molar refractivity (Wildman–Crippen MR) is 78.8 cm³/mol. The first-order valence-electron chi connectivity index (χ1n) is 6.94. The van der Waals surface area contributed by atoms with Crippen molar-refractivity contribution in [2.45, 2.75) is 45.8 Å². The van der Waals surface area contributed by atoms with Crippen molar-refractivity contribution in [2.75, 3.05) is 18.9 Å². The van der Waals surface area contributed by atoms with Gasteiger partial charge >= 0.3 is 6.09 Å². The molecule has 1 aromatic heterocycles. The zero-order chi connectivity index (χ0) is 14.9. The normalized spacial score (nSPS) is 18.4. The van der Waals surface area contributed by atoms with Gasteiger partial charge in [-0.2, -0.15) is 0 Å². The molecule has 0 fully saturated rings. The Morgan fingerprint density at radius 2 is 2.20 bits per heavy atom. The maximum atomic E-state index is 12.2. The molecule has 1 N–H and O–H groups in total. The molecule has 1 aromatic rings. The van der Waals surface area contributed by atoms with Crippen LogP contribution >= 0.6 is 0 Å². The highest BCUT2D eigenvalue weighted by molar-refractivity contribution is 5.69. The molecule has 0 spiro atoms. The van der Waals surface area contributed by atoms with Gasteiger partial charge in [-0.25, -0.2) is 4.79 Å². The number of aromatic nitrogens is 1. The van der Waals surface area contributed by atoms with Crippen LogP contribution in [0.15, 0.2) is 12.3 Å². The van der Waals surface area contributed by atoms with Crippen LogP contribution in [0.5, 0.6) is 0 Å². The SMILES string of the molecule is CNc1cnc2c(c1)CN(C(=O)OC(C)(C)C)CC2C. The molecular formula is C15H23N3O2. The Bertz CT molecular complexity index is 508. The average molecular weight is 277 g/mol. The molecule has 1 aliphatic heterocycles. The van der Waals surface area contributed by atoms with Crippen molar-refractivity contribution in [2.24, 2.45) is 0 Å². The van der Waals surface area contributed by atoms with Crippen LogP contribution in [-0.2, 0) is 11.3 Å². The Balaban J connectivity index is 2.19. The van der Waals surface area contributed by atoms with Crippen LogP contribution in [0.1, 0.15) is 44.9 Å². The van der Waals surface area contributed by atoms with Crippen LogP contribution in [0.25, 0.3) is 0 Å². The van der Waals surface area contributed by atoms with Gasteiger partial charge in [-0.3, -0.25) is 4.98 Å². The Kier molecular flexibility index (Phi) is 3.88. The van der Waals surface area contributed by atoms with Crippen molar-refractivity contribution in [3.63, 3.8) is 0 Å². The van der Waals surface area contributed by atoms with E-state index in [4.69, 9.17) is 4.74 Å². The number of amides is 1. The largest absolute Gasteiger partial charge is 0.444 e. The Labute approximate surface area is 120 Å². The maximum Gasteiger partial charge on any atom is 0.410 e. The molecule has 0 aromatic carbocycles. The zero-order valence-corrected chi connectivity index (χ0v) is 12.9. The molecular weight excluding hydrogens is 254 g/mol. The topological polar surface area (TPSA) is 54.5 Å². The summed E-state index contributed by atoms with van der Waals surface area (Å²) in [4.78, 5) is 18.4. The van der Waals surface area contributed by atoms with Crippen molar-refractivity contribution in [3.05, 3.63) is 23.5 Å². The summed E-state index contributed by atoms with van der Waals surface area (Å²) in [5, 5.41) is 3.08. The summed E-state index contributed by atoms with van der Waals surface area (Å²) in [5.41, 5.74) is 2.65. The van der Waals surface area contributed by atoms with Gasteiger partial charge in [0.25, 0.3) is 0 Å². The van der Waals surface area contributed by atoms with E-state index in [1.165, 1.54) is 0 Å². The molecule has 2 heterocycles. The van der Waals surface area contributed by atoms with Crippen LogP contribution in [0.3, 0.4) is 0 Å². The van der Waals surface area contributed by atoms with E-state index in [1.54, 1.807) is 4.90 Å². The van der Waals surface area contributed by atoms with Crippen molar-refractivity contribution >= 4 is 11.8 Å². The van der Waals surface area contributed by atoms with Gasteiger partial charge in [-0.15, -0.1) is 0 Å². The molecule has 0 saturated heterocycles. The summed E-state index contributed by atoms with van der Waals surface area (Å²) in [5.74, 6) is 0.220. The Morgan fingerprint density at radius 1 is 1.50 bits per heavy atom. The highest BCUT2D eigenvalue weighted by atomic mass is 16.6. The first-order valence-corrected chi connectivity index (χ1v) is 6.94. The lowest BCUT2D eigenvalue weighted by atomic mass is 9.96. The molecule has 1 unspecified atom stereocenters. The van der Waals surface area contributed by atoms with Crippen LogP contribution in [0.4, 0.5) is 10.5 Å². The number of carbonyl (C=O) groups excluding carboxylic acids is 1. The van der Waals surface area contributed by atoms with Crippen molar-refractivity contribution < 1.29 is 9.53 Å². The third-order valence-electron chi connectivity index (χ3n) is 3.26. The molecule has 2 rings (SSSR count). The van der Waals surface area contributed by atoms with E-state index in [0.29, 0.717) is 13.1 Å². The Morgan fingerprint density at radius 3 is 2.80 bits per heavy atom. The number of pyridine rings is 1. The minimum absolute atomic E-state index is 0.220. The summed E-state index contributed by atoms with van der Waals surface area (Å²) < 4.78 is 5.45. The molecule has 0 saturated carbocycles. The van der Waals surface area contributed by atoms with Crippen LogP contribution in [0.2, 0.25) is 0 Å². The summed E-state index contributed by atoms with van der Waals surface area (Å²) in [6, 6.07) is 2.05. The molecule has 1 amide bonds. The molecule has 5 nitrogen and oxygen atoms in total. The van der Waals surface area contributed by atoms with E-state index < -0.39 is 5.60 Å². The first kappa shape index (κ1) is 14.6. The molecule has 0 bridgehead atoms. The molecule has 5 heteroatoms. The van der Waals surface area contributed by atoms with Gasteiger partial charge in [0.15, 0.2) is 0 Å². The summed E-state index contributed by atoms with van der Waals surface area (Å²) in [6.07, 6.45) is 1.57. The van der Waals surface area contributed by atoms with Crippen LogP contribution in [-0.4, -0.2) is 35.2 Å². The second kappa shape index (κ2) is 5.31. The van der Waals surface area contributed by atoms with E-state index in [9.17, 15) is 4.79 Å². The van der Waals surface area contributed by atoms with Crippen molar-refractivity contribution in [3.8, 4) is 0 Å². The van der Waals surface area contributed by atoms with E-state index in [0.717, 1.165) is 16.9 Å². The van der Waals surface area contributed by atoms with Gasteiger partial charge in [0.2, 0.25) is 0 Å². The summed E-state index contributed by atoms with van der Waals surface area (Å²) >= 11 is 0. The second-order valence-electron chi connectivity index (χ2n) is 6.28. The van der Waals surface area contributed by atoms with Crippen molar-refractivity contribution in [1.29, 1.82) is 0 Å². The van der Waals surface area contributed by atoms with Gasteiger partial charge in [-0.1, -0.05) is 6.92 Å². The molecule has 0 radical (unpaired) electrons. The van der Waals surface area contributed by atoms with E-state index in [1.807, 2.05) is 34.0 Å². The van der Waals surface area contributed by atoms with Gasteiger partial charge in [-0.05, 0) is 32.4 Å². The Hall–Kier alpha value is -1.78. The third kappa shape index (κ3) is 3.21. The number of fused-ring (bicyclic) bond motifs is 1. The smallest absolute Gasteiger partial charge is 0.410 e. The number of nitrogens with one attached hydrogen (secondary N) is 1. The molecule has 20 heavy (non-hydrogen) atoms. The minimum atomic E-state index is -0.467. The summed E-state index contributed by atoms with van der Waals surface area (Å²) in [7, 11) is 1.86. The second-order valence-corrected chi connectivity index (χ2v) is 6.28. The number of carbonyl (C=O) groups is 1. The highest BCUT2D eigenvalue weighted by Crippen LogP contribution is 2.28. The number of ether oxygens (including phenoxy) is 1. The first-order chi connectivity index (χ1) is 9.30. The van der Waals surface area contributed by atoms with Gasteiger partial charge < -0.3 is 15.0 Å². The molecule has 1 atom stereocenters. The van der Waals surface area contributed by atoms with Gasteiger partial charge in [0, 0.05) is 19.5 Å². The van der Waals surface area contributed by atoms with Crippen molar-refractivity contribution in [1.82, 2.24) is 9.88 Å². The van der Waals surface area contributed by atoms with E-state index in [-0.39, 0.29) is 12.0 Å². The third-order valence-corrected chi connectivity index (χ3v) is 3.26. The minimum Gasteiger partial charge on any atom is -0.444 e. The number of hydrogen-bond donors (Lipinski definition) is 1. The van der Waals surface area contributed by atoms with E-state index >= 15 is 0 Å². The number of nitrogens with zero attached hydrogens (tertiary/aromatic N) is 2. The van der Waals surface area contributed by atoms with Gasteiger partial charge in [0.1, 0.15) is 5.60 Å². The predicted octanol–water partition coefficient (Wildman–Crippen LogP) is 2.98. The zero-order valence-electron chi connectivity index (χ0n) is 12.9. The van der Waals surface area contributed by atoms with E-state index in [2.05, 4.69) is 23.3 Å². The van der Waals surface area contributed by atoms with Crippen LogP contribution < -0.4 is 5.32 Å². The quantitative estimate of drug-likeness (QED) is 0.857. The fraction of sp³-hybridized carbons (Fsp3) is 0.600. The number of hydrogen-bond acceptors (Lipinski definition) is 4. The standard InChI is InChI=1S/C15H23N3O2/c1-10-8-18(14(19)20-15(2,3)4)9-11-6-12(16-5)7-17-13(10)11/h6-7,10,16H,8-9H2,1-5H3. The average Bonchev–Trinajstić information content (AvgIpc) is 2.35. The molecule has 110 valence electrons. The maximum absolute atomic E-state index is 12.2. The summed E-state index contributed by atoms with van der Waals surface area (Å²) in [6.45, 7) is 8.93. The fourth-order valence-electron chi connectivity index (χ4n) is 2.38. The van der Waals surface area contributed by atoms with Gasteiger partial charge in [0.05, 0.1) is 24.1 Å². The molecule has 1 aliphatic rings. The lowest BCUT2D eigenvalue weighted by Crippen LogP contribution is -2.41. The molecule has 0 aliphatic carbocycles. The lowest BCUT2D eigenvalue weighted by molar-refractivity contribution is 0.0207.